The molecule has 5 nitrogen and oxygen atoms in total. The van der Waals surface area contributed by atoms with Crippen LogP contribution in [0.15, 0.2) is 61.2 Å². The number of hydrogen-bond donors (Lipinski definition) is 2. The normalized spacial score (nSPS) is 14.2. The van der Waals surface area contributed by atoms with Crippen LogP contribution in [0.25, 0.3) is 17.2 Å². The molecule has 0 radical (unpaired) electrons. The third-order valence-corrected chi connectivity index (χ3v) is 5.31. The molecule has 1 aliphatic heterocycles. The minimum Gasteiger partial charge on any atom is -0.501 e. The summed E-state index contributed by atoms with van der Waals surface area (Å²) in [5, 5.41) is 11.2. The maximum Gasteiger partial charge on any atom is 1.00 e. The minimum absolute atomic E-state index is 0. The van der Waals surface area contributed by atoms with Crippen molar-refractivity contribution < 1.29 is 79.5 Å². The predicted octanol–water partition coefficient (Wildman–Crippen LogP) is 2.49. The molecule has 0 amide bonds. The van der Waals surface area contributed by atoms with Crippen LogP contribution in [0.5, 0.6) is 11.5 Å². The molecule has 3 aromatic rings. The van der Waals surface area contributed by atoms with Gasteiger partial charge in [0.2, 0.25) is 0 Å². The number of nitrogens with one attached hydrogen (secondary N) is 1. The van der Waals surface area contributed by atoms with Crippen molar-refractivity contribution >= 4 is 12.0 Å². The van der Waals surface area contributed by atoms with E-state index in [1.54, 1.807) is 24.3 Å². The zero-order valence-corrected chi connectivity index (χ0v) is 22.9. The molecule has 0 spiro atoms. The molecule has 8 heteroatoms. The SMILES string of the molecule is C=Cc1c(F)cc(F)c(-c2ccc(OCc3c[c-]ccc3)cc2)c1OC.O=C(O)C1CCCN1.[K+]. The fraction of sp³-hybridized carbons (Fsp3) is 0.222. The summed E-state index contributed by atoms with van der Waals surface area (Å²) in [5.41, 5.74) is 1.87. The van der Waals surface area contributed by atoms with E-state index in [0.717, 1.165) is 31.0 Å². The molecule has 0 bridgehead atoms. The summed E-state index contributed by atoms with van der Waals surface area (Å²) in [7, 11) is 1.37. The Kier molecular flexibility index (Phi) is 12.1. The van der Waals surface area contributed by atoms with Crippen LogP contribution < -0.4 is 66.2 Å². The molecular weight excluding hydrogens is 479 g/mol. The van der Waals surface area contributed by atoms with E-state index in [1.807, 2.05) is 24.3 Å². The van der Waals surface area contributed by atoms with Gasteiger partial charge in [-0.05, 0) is 37.1 Å². The van der Waals surface area contributed by atoms with Crippen molar-refractivity contribution in [1.82, 2.24) is 5.32 Å². The van der Waals surface area contributed by atoms with Gasteiger partial charge in [-0.3, -0.25) is 4.79 Å². The van der Waals surface area contributed by atoms with Crippen molar-refractivity contribution in [2.75, 3.05) is 13.7 Å². The Labute approximate surface area is 246 Å². The molecule has 2 N–H and O–H groups in total. The van der Waals surface area contributed by atoms with Gasteiger partial charge in [0, 0.05) is 6.07 Å². The molecule has 1 heterocycles. The van der Waals surface area contributed by atoms with Gasteiger partial charge in [0.1, 0.15) is 29.2 Å². The summed E-state index contributed by atoms with van der Waals surface area (Å²) in [6.45, 7) is 4.83. The molecule has 0 aromatic heterocycles. The number of carboxylic acids is 1. The summed E-state index contributed by atoms with van der Waals surface area (Å²) in [5.74, 6) is -1.37. The van der Waals surface area contributed by atoms with Crippen LogP contribution >= 0.6 is 0 Å². The van der Waals surface area contributed by atoms with Gasteiger partial charge in [0.15, 0.2) is 0 Å². The predicted molar refractivity (Wildman–Crippen MR) is 127 cm³/mol. The maximum absolute atomic E-state index is 14.4. The molecule has 35 heavy (non-hydrogen) atoms. The number of halogens is 2. The summed E-state index contributed by atoms with van der Waals surface area (Å²) in [4.78, 5) is 10.1. The summed E-state index contributed by atoms with van der Waals surface area (Å²) >= 11 is 0. The van der Waals surface area contributed by atoms with Crippen LogP contribution in [0.2, 0.25) is 0 Å². The zero-order valence-electron chi connectivity index (χ0n) is 19.8. The van der Waals surface area contributed by atoms with Crippen LogP contribution in [0.1, 0.15) is 24.0 Å². The Bertz CT molecular complexity index is 1120. The first-order valence-corrected chi connectivity index (χ1v) is 10.8. The first kappa shape index (κ1) is 29.2. The fourth-order valence-corrected chi connectivity index (χ4v) is 3.58. The van der Waals surface area contributed by atoms with Crippen molar-refractivity contribution in [2.24, 2.45) is 0 Å². The van der Waals surface area contributed by atoms with Crippen molar-refractivity contribution in [2.45, 2.75) is 25.5 Å². The van der Waals surface area contributed by atoms with Crippen molar-refractivity contribution in [3.8, 4) is 22.6 Å². The van der Waals surface area contributed by atoms with E-state index < -0.39 is 17.6 Å². The number of benzene rings is 3. The third-order valence-electron chi connectivity index (χ3n) is 5.31. The summed E-state index contributed by atoms with van der Waals surface area (Å²) in [6.07, 6.45) is 3.10. The van der Waals surface area contributed by atoms with Crippen molar-refractivity contribution in [3.05, 3.63) is 90.0 Å². The summed E-state index contributed by atoms with van der Waals surface area (Å²) in [6, 6.07) is 17.9. The molecule has 1 aliphatic rings. The molecule has 3 aromatic carbocycles. The smallest absolute Gasteiger partial charge is 0.501 e. The Balaban J connectivity index is 0.000000409. The van der Waals surface area contributed by atoms with Crippen LogP contribution in [0.4, 0.5) is 8.78 Å². The average Bonchev–Trinajstić information content (AvgIpc) is 3.39. The second-order valence-electron chi connectivity index (χ2n) is 7.58. The number of ether oxygens (including phenoxy) is 2. The Hall–Kier alpha value is -2.07. The number of aliphatic carboxylic acids is 1. The molecule has 1 saturated heterocycles. The van der Waals surface area contributed by atoms with Gasteiger partial charge in [-0.2, -0.15) is 30.3 Å². The number of hydrogen-bond acceptors (Lipinski definition) is 4. The first-order chi connectivity index (χ1) is 16.4. The molecular formula is C27H26F2KNO4. The van der Waals surface area contributed by atoms with E-state index in [4.69, 9.17) is 14.6 Å². The average molecular weight is 506 g/mol. The van der Waals surface area contributed by atoms with E-state index in [1.165, 1.54) is 13.2 Å². The van der Waals surface area contributed by atoms with Crippen molar-refractivity contribution in [1.29, 1.82) is 0 Å². The zero-order chi connectivity index (χ0) is 24.5. The second kappa shape index (κ2) is 14.5. The molecule has 4 rings (SSSR count). The van der Waals surface area contributed by atoms with E-state index in [0.29, 0.717) is 17.9 Å². The van der Waals surface area contributed by atoms with Crippen LogP contribution in [0.3, 0.4) is 0 Å². The fourth-order valence-electron chi connectivity index (χ4n) is 3.58. The molecule has 0 saturated carbocycles. The number of carboxylic acid groups (broad SMARTS) is 1. The largest absolute Gasteiger partial charge is 1.00 e. The number of methoxy groups -OCH3 is 1. The van der Waals surface area contributed by atoms with E-state index in [2.05, 4.69) is 18.0 Å². The Morgan fingerprint density at radius 3 is 2.51 bits per heavy atom. The van der Waals surface area contributed by atoms with Gasteiger partial charge in [-0.1, -0.05) is 24.8 Å². The van der Waals surface area contributed by atoms with Crippen LogP contribution in [-0.2, 0) is 11.4 Å². The monoisotopic (exact) mass is 505 g/mol. The van der Waals surface area contributed by atoms with E-state index >= 15 is 0 Å². The van der Waals surface area contributed by atoms with Gasteiger partial charge in [-0.25, -0.2) is 8.78 Å². The van der Waals surface area contributed by atoms with Crippen molar-refractivity contribution in [3.63, 3.8) is 0 Å². The second-order valence-corrected chi connectivity index (χ2v) is 7.58. The van der Waals surface area contributed by atoms with Gasteiger partial charge in [0.05, 0.1) is 24.8 Å². The number of rotatable bonds is 7. The van der Waals surface area contributed by atoms with E-state index in [9.17, 15) is 13.6 Å². The van der Waals surface area contributed by atoms with E-state index in [-0.39, 0.29) is 74.3 Å². The third kappa shape index (κ3) is 7.96. The van der Waals surface area contributed by atoms with Gasteiger partial charge in [0.25, 0.3) is 0 Å². The Morgan fingerprint density at radius 1 is 1.26 bits per heavy atom. The van der Waals surface area contributed by atoms with Crippen LogP contribution in [-0.4, -0.2) is 30.8 Å². The van der Waals surface area contributed by atoms with Crippen LogP contribution in [0, 0.1) is 17.7 Å². The summed E-state index contributed by atoms with van der Waals surface area (Å²) < 4.78 is 39.2. The molecule has 1 atom stereocenters. The molecule has 0 aliphatic carbocycles. The Morgan fingerprint density at radius 2 is 2.00 bits per heavy atom. The standard InChI is InChI=1S/C22H17F2O2.C5H9NO2.K/c1-3-18-19(23)13-20(24)21(22(18)25-2)16-9-11-17(12-10-16)26-14-15-7-5-4-6-8-15;7-5(8)4-2-1-3-6-4;/h3-5,7-13H,1,14H2,2H3;4,6H,1-3H2,(H,7,8);/q-1;;+1. The number of carbonyl (C=O) groups is 1. The molecule has 1 unspecified atom stereocenters. The van der Waals surface area contributed by atoms with Gasteiger partial charge in [-0.15, -0.1) is 5.56 Å². The maximum atomic E-state index is 14.4. The molecule has 178 valence electrons. The van der Waals surface area contributed by atoms with Gasteiger partial charge >= 0.3 is 57.4 Å². The molecule has 1 fully saturated rings. The minimum atomic E-state index is -0.720. The van der Waals surface area contributed by atoms with Gasteiger partial charge < -0.3 is 19.9 Å². The quantitative estimate of drug-likeness (QED) is 0.382. The first-order valence-electron chi connectivity index (χ1n) is 10.8. The topological polar surface area (TPSA) is 67.8 Å².